The van der Waals surface area contributed by atoms with Crippen LogP contribution in [0.2, 0.25) is 0 Å². The van der Waals surface area contributed by atoms with Gasteiger partial charge < -0.3 is 5.11 Å². The number of nitrogens with zero attached hydrogens (tertiary/aromatic N) is 2. The normalized spacial score (nSPS) is 11.0. The van der Waals surface area contributed by atoms with Crippen LogP contribution in [0.25, 0.3) is 21.3 Å². The number of aryl methyl sites for hydroxylation is 1. The minimum atomic E-state index is -0.969. The first kappa shape index (κ1) is 17.2. The molecule has 0 unspecified atom stereocenters. The van der Waals surface area contributed by atoms with Crippen LogP contribution in [0.3, 0.4) is 0 Å². The van der Waals surface area contributed by atoms with E-state index in [4.69, 9.17) is 5.11 Å². The van der Waals surface area contributed by atoms with Crippen LogP contribution in [0, 0.1) is 6.92 Å². The molecule has 0 saturated carbocycles. The second kappa shape index (κ2) is 6.81. The second-order valence-corrected chi connectivity index (χ2v) is 7.46. The number of aromatic carboxylic acids is 1. The molecule has 0 bridgehead atoms. The van der Waals surface area contributed by atoms with Crippen LogP contribution >= 0.6 is 11.3 Å². The molecule has 4 aromatic rings. The van der Waals surface area contributed by atoms with Gasteiger partial charge in [0, 0.05) is 10.4 Å². The van der Waals surface area contributed by atoms with Crippen LogP contribution in [0.1, 0.15) is 20.8 Å². The summed E-state index contributed by atoms with van der Waals surface area (Å²) in [5, 5.41) is 9.64. The molecular weight excluding hydrogens is 360 g/mol. The topological polar surface area (TPSA) is 72.2 Å². The van der Waals surface area contributed by atoms with Crippen LogP contribution in [-0.2, 0) is 6.54 Å². The van der Waals surface area contributed by atoms with Crippen molar-refractivity contribution >= 4 is 27.5 Å². The highest BCUT2D eigenvalue weighted by atomic mass is 32.1. The average Bonchev–Trinajstić information content (AvgIpc) is 3.02. The Morgan fingerprint density at radius 1 is 1.11 bits per heavy atom. The van der Waals surface area contributed by atoms with E-state index >= 15 is 0 Å². The third-order valence-corrected chi connectivity index (χ3v) is 5.48. The molecular formula is C21H16N2O3S. The first-order valence-corrected chi connectivity index (χ1v) is 9.22. The van der Waals surface area contributed by atoms with Crippen molar-refractivity contribution in [1.82, 2.24) is 9.55 Å². The van der Waals surface area contributed by atoms with Gasteiger partial charge in [0.05, 0.1) is 23.8 Å². The number of aromatic nitrogens is 2. The van der Waals surface area contributed by atoms with Gasteiger partial charge in [-0.05, 0) is 30.2 Å². The van der Waals surface area contributed by atoms with Crippen molar-refractivity contribution in [1.29, 1.82) is 0 Å². The van der Waals surface area contributed by atoms with Crippen LogP contribution in [0.15, 0.2) is 65.7 Å². The van der Waals surface area contributed by atoms with E-state index in [1.165, 1.54) is 11.3 Å². The molecule has 4 rings (SSSR count). The number of fused-ring (bicyclic) bond motifs is 1. The number of hydrogen-bond donors (Lipinski definition) is 1. The molecule has 0 spiro atoms. The molecule has 0 amide bonds. The summed E-state index contributed by atoms with van der Waals surface area (Å²) in [4.78, 5) is 30.4. The summed E-state index contributed by atoms with van der Waals surface area (Å²) in [5.74, 6) is -0.969. The molecule has 1 N–H and O–H groups in total. The molecule has 2 heterocycles. The summed E-state index contributed by atoms with van der Waals surface area (Å²) < 4.78 is 1.57. The minimum absolute atomic E-state index is 0.0921. The van der Waals surface area contributed by atoms with E-state index < -0.39 is 5.97 Å². The molecule has 0 saturated heterocycles. The third kappa shape index (κ3) is 3.15. The Hall–Kier alpha value is -3.25. The Balaban J connectivity index is 1.80. The van der Waals surface area contributed by atoms with Crippen molar-refractivity contribution in [3.63, 3.8) is 0 Å². The lowest BCUT2D eigenvalue weighted by Crippen LogP contribution is -2.21. The predicted molar refractivity (Wildman–Crippen MR) is 107 cm³/mol. The molecule has 0 aliphatic rings. The van der Waals surface area contributed by atoms with E-state index in [-0.39, 0.29) is 11.1 Å². The standard InChI is InChI=1S/C21H16N2O3S/c1-13-17(15-5-3-2-4-6-15)18-19(27-13)22-12-23(20(18)24)11-14-7-9-16(10-8-14)21(25)26/h2-10,12H,11H2,1H3,(H,25,26). The van der Waals surface area contributed by atoms with E-state index in [0.717, 1.165) is 26.4 Å². The Morgan fingerprint density at radius 3 is 2.48 bits per heavy atom. The SMILES string of the molecule is Cc1sc2ncn(Cc3ccc(C(=O)O)cc3)c(=O)c2c1-c1ccccc1. The van der Waals surface area contributed by atoms with E-state index in [0.29, 0.717) is 11.9 Å². The van der Waals surface area contributed by atoms with Gasteiger partial charge in [-0.2, -0.15) is 0 Å². The number of hydrogen-bond acceptors (Lipinski definition) is 4. The lowest BCUT2D eigenvalue weighted by atomic mass is 10.0. The zero-order valence-electron chi connectivity index (χ0n) is 14.5. The van der Waals surface area contributed by atoms with Crippen molar-refractivity contribution in [3.05, 3.63) is 87.3 Å². The summed E-state index contributed by atoms with van der Waals surface area (Å²) in [5.41, 5.74) is 2.91. The maximum atomic E-state index is 13.2. The zero-order chi connectivity index (χ0) is 19.0. The highest BCUT2D eigenvalue weighted by molar-refractivity contribution is 7.19. The molecule has 0 aliphatic carbocycles. The minimum Gasteiger partial charge on any atom is -0.478 e. The van der Waals surface area contributed by atoms with E-state index in [9.17, 15) is 9.59 Å². The van der Waals surface area contributed by atoms with Gasteiger partial charge in [0.25, 0.3) is 5.56 Å². The molecule has 27 heavy (non-hydrogen) atoms. The van der Waals surface area contributed by atoms with Gasteiger partial charge in [0.2, 0.25) is 0 Å². The number of benzene rings is 2. The summed E-state index contributed by atoms with van der Waals surface area (Å²) >= 11 is 1.52. The van der Waals surface area contributed by atoms with Crippen LogP contribution in [-0.4, -0.2) is 20.6 Å². The average molecular weight is 376 g/mol. The van der Waals surface area contributed by atoms with Crippen LogP contribution < -0.4 is 5.56 Å². The van der Waals surface area contributed by atoms with E-state index in [1.807, 2.05) is 37.3 Å². The van der Waals surface area contributed by atoms with Crippen molar-refractivity contribution in [2.24, 2.45) is 0 Å². The Morgan fingerprint density at radius 2 is 1.81 bits per heavy atom. The molecule has 134 valence electrons. The Bertz CT molecular complexity index is 1190. The fourth-order valence-electron chi connectivity index (χ4n) is 3.15. The predicted octanol–water partition coefficient (Wildman–Crippen LogP) is 4.18. The summed E-state index contributed by atoms with van der Waals surface area (Å²) in [6.07, 6.45) is 1.56. The van der Waals surface area contributed by atoms with Gasteiger partial charge >= 0.3 is 5.97 Å². The maximum absolute atomic E-state index is 13.2. The summed E-state index contributed by atoms with van der Waals surface area (Å²) in [6.45, 7) is 2.34. The van der Waals surface area contributed by atoms with Crippen molar-refractivity contribution < 1.29 is 9.90 Å². The van der Waals surface area contributed by atoms with Crippen molar-refractivity contribution in [3.8, 4) is 11.1 Å². The molecule has 0 atom stereocenters. The first-order valence-electron chi connectivity index (χ1n) is 8.41. The lowest BCUT2D eigenvalue weighted by molar-refractivity contribution is 0.0697. The Labute approximate surface area is 159 Å². The highest BCUT2D eigenvalue weighted by Crippen LogP contribution is 2.35. The monoisotopic (exact) mass is 376 g/mol. The zero-order valence-corrected chi connectivity index (χ0v) is 15.4. The van der Waals surface area contributed by atoms with Gasteiger partial charge in [-0.1, -0.05) is 42.5 Å². The number of thiophene rings is 1. The molecule has 6 heteroatoms. The maximum Gasteiger partial charge on any atom is 0.335 e. The highest BCUT2D eigenvalue weighted by Gasteiger charge is 2.16. The quantitative estimate of drug-likeness (QED) is 0.580. The summed E-state index contributed by atoms with van der Waals surface area (Å²) in [6, 6.07) is 16.4. The third-order valence-electron chi connectivity index (χ3n) is 4.47. The summed E-state index contributed by atoms with van der Waals surface area (Å²) in [7, 11) is 0. The van der Waals surface area contributed by atoms with Gasteiger partial charge in [-0.25, -0.2) is 9.78 Å². The number of rotatable bonds is 4. The van der Waals surface area contributed by atoms with Crippen molar-refractivity contribution in [2.45, 2.75) is 13.5 Å². The number of carboxylic acids is 1. The number of carboxylic acid groups (broad SMARTS) is 1. The van der Waals surface area contributed by atoms with E-state index in [2.05, 4.69) is 4.98 Å². The van der Waals surface area contributed by atoms with E-state index in [1.54, 1.807) is 35.2 Å². The molecule has 0 radical (unpaired) electrons. The molecule has 5 nitrogen and oxygen atoms in total. The van der Waals surface area contributed by atoms with Gasteiger partial charge in [0.15, 0.2) is 0 Å². The lowest BCUT2D eigenvalue weighted by Gasteiger charge is -2.07. The largest absolute Gasteiger partial charge is 0.478 e. The molecule has 0 fully saturated rings. The smallest absolute Gasteiger partial charge is 0.335 e. The second-order valence-electron chi connectivity index (χ2n) is 6.26. The Kier molecular flexibility index (Phi) is 4.33. The number of carbonyl (C=O) groups is 1. The van der Waals surface area contributed by atoms with Gasteiger partial charge in [-0.15, -0.1) is 11.3 Å². The fraction of sp³-hybridized carbons (Fsp3) is 0.0952. The van der Waals surface area contributed by atoms with Crippen LogP contribution in [0.5, 0.6) is 0 Å². The molecule has 0 aliphatic heterocycles. The van der Waals surface area contributed by atoms with Gasteiger partial charge in [-0.3, -0.25) is 9.36 Å². The van der Waals surface area contributed by atoms with Gasteiger partial charge in [0.1, 0.15) is 4.83 Å². The van der Waals surface area contributed by atoms with Crippen LogP contribution in [0.4, 0.5) is 0 Å². The first-order chi connectivity index (χ1) is 13.0. The fourth-order valence-corrected chi connectivity index (χ4v) is 4.16. The van der Waals surface area contributed by atoms with Crippen molar-refractivity contribution in [2.75, 3.05) is 0 Å². The molecule has 2 aromatic carbocycles. The molecule has 2 aromatic heterocycles.